The van der Waals surface area contributed by atoms with Gasteiger partial charge in [0.05, 0.1) is 6.10 Å². The van der Waals surface area contributed by atoms with E-state index in [9.17, 15) is 5.11 Å². The van der Waals surface area contributed by atoms with Crippen LogP contribution in [0.4, 0.5) is 0 Å². The lowest BCUT2D eigenvalue weighted by Crippen LogP contribution is -2.04. The molecule has 0 aliphatic rings. The highest BCUT2D eigenvalue weighted by Gasteiger charge is 2.01. The predicted molar refractivity (Wildman–Crippen MR) is 88.7 cm³/mol. The van der Waals surface area contributed by atoms with Gasteiger partial charge in [0, 0.05) is 0 Å². The molecule has 1 rings (SSSR count). The topological polar surface area (TPSA) is 20.2 Å². The van der Waals surface area contributed by atoms with Crippen LogP contribution in [-0.2, 0) is 0 Å². The van der Waals surface area contributed by atoms with Gasteiger partial charge in [-0.2, -0.15) is 0 Å². The van der Waals surface area contributed by atoms with Crippen LogP contribution < -0.4 is 0 Å². The summed E-state index contributed by atoms with van der Waals surface area (Å²) < 4.78 is 0. The minimum absolute atomic E-state index is 0.175. The van der Waals surface area contributed by atoms with Crippen LogP contribution in [0.3, 0.4) is 0 Å². The molecule has 0 radical (unpaired) electrons. The summed E-state index contributed by atoms with van der Waals surface area (Å²) in [5.41, 5.74) is 1.20. The van der Waals surface area contributed by atoms with Crippen molar-refractivity contribution in [1.82, 2.24) is 0 Å². The van der Waals surface area contributed by atoms with Crippen molar-refractivity contribution in [2.75, 3.05) is 0 Å². The molecule has 112 valence electrons. The number of unbranched alkanes of at least 4 members (excludes halogenated alkanes) is 6. The molecule has 0 aromatic heterocycles. The molecule has 0 bridgehead atoms. The van der Waals surface area contributed by atoms with Crippen molar-refractivity contribution in [2.45, 2.75) is 70.8 Å². The van der Waals surface area contributed by atoms with Crippen LogP contribution in [0, 0.1) is 0 Å². The second-order valence-corrected chi connectivity index (χ2v) is 5.61. The summed E-state index contributed by atoms with van der Waals surface area (Å²) in [6, 6.07) is 10.3. The molecule has 0 aliphatic carbocycles. The maximum atomic E-state index is 9.92. The third-order valence-corrected chi connectivity index (χ3v) is 3.66. The minimum Gasteiger partial charge on any atom is -0.393 e. The Hall–Kier alpha value is -1.08. The number of aliphatic hydroxyl groups excluding tert-OH is 1. The molecular weight excluding hydrogens is 244 g/mol. The standard InChI is InChI=1S/C19H30O/c1-2-3-4-5-6-7-11-16-19(20)17-12-15-18-13-9-8-10-14-18/h8-10,12-15,19-20H,2-7,11,16-17H2,1H3/b15-12+/t19-/m0/s1. The molecule has 0 aliphatic heterocycles. The molecule has 1 aromatic rings. The van der Waals surface area contributed by atoms with Gasteiger partial charge in [-0.15, -0.1) is 0 Å². The first-order chi connectivity index (χ1) is 9.83. The maximum absolute atomic E-state index is 9.92. The first-order valence-electron chi connectivity index (χ1n) is 8.22. The first-order valence-corrected chi connectivity index (χ1v) is 8.22. The molecule has 0 fully saturated rings. The van der Waals surface area contributed by atoms with E-state index in [0.717, 1.165) is 19.3 Å². The van der Waals surface area contributed by atoms with Crippen LogP contribution in [0.15, 0.2) is 36.4 Å². The number of hydrogen-bond acceptors (Lipinski definition) is 1. The van der Waals surface area contributed by atoms with E-state index < -0.39 is 0 Å². The SMILES string of the molecule is CCCCCCCCC[C@H](O)C/C=C/c1ccccc1. The average Bonchev–Trinajstić information content (AvgIpc) is 2.47. The summed E-state index contributed by atoms with van der Waals surface area (Å²) in [5, 5.41) is 9.92. The highest BCUT2D eigenvalue weighted by Crippen LogP contribution is 2.12. The van der Waals surface area contributed by atoms with Gasteiger partial charge >= 0.3 is 0 Å². The van der Waals surface area contributed by atoms with E-state index in [2.05, 4.69) is 31.2 Å². The van der Waals surface area contributed by atoms with Crippen molar-refractivity contribution >= 4 is 6.08 Å². The molecule has 1 atom stereocenters. The Kier molecular flexibility index (Phi) is 9.95. The summed E-state index contributed by atoms with van der Waals surface area (Å²) in [5.74, 6) is 0. The van der Waals surface area contributed by atoms with Crippen molar-refractivity contribution in [2.24, 2.45) is 0 Å². The second-order valence-electron chi connectivity index (χ2n) is 5.61. The number of hydrogen-bond donors (Lipinski definition) is 1. The molecule has 0 unspecified atom stereocenters. The Morgan fingerprint density at radius 3 is 2.30 bits per heavy atom. The summed E-state index contributed by atoms with van der Waals surface area (Å²) in [7, 11) is 0. The maximum Gasteiger partial charge on any atom is 0.0574 e. The normalized spacial score (nSPS) is 12.9. The molecular formula is C19H30O. The predicted octanol–water partition coefficient (Wildman–Crippen LogP) is 5.59. The zero-order chi connectivity index (χ0) is 14.5. The fraction of sp³-hybridized carbons (Fsp3) is 0.579. The number of rotatable bonds is 11. The van der Waals surface area contributed by atoms with Crippen molar-refractivity contribution in [3.8, 4) is 0 Å². The van der Waals surface area contributed by atoms with E-state index in [1.165, 1.54) is 44.1 Å². The van der Waals surface area contributed by atoms with E-state index in [0.29, 0.717) is 0 Å². The Morgan fingerprint density at radius 2 is 1.60 bits per heavy atom. The van der Waals surface area contributed by atoms with Crippen molar-refractivity contribution in [1.29, 1.82) is 0 Å². The van der Waals surface area contributed by atoms with Crippen LogP contribution in [0.1, 0.15) is 70.3 Å². The number of benzene rings is 1. The van der Waals surface area contributed by atoms with Gasteiger partial charge < -0.3 is 5.11 Å². The van der Waals surface area contributed by atoms with Gasteiger partial charge in [0.1, 0.15) is 0 Å². The molecule has 1 heteroatoms. The fourth-order valence-electron chi connectivity index (χ4n) is 2.38. The van der Waals surface area contributed by atoms with Crippen LogP contribution in [-0.4, -0.2) is 11.2 Å². The van der Waals surface area contributed by atoms with Crippen molar-refractivity contribution in [3.05, 3.63) is 42.0 Å². The molecule has 0 amide bonds. The average molecular weight is 274 g/mol. The summed E-state index contributed by atoms with van der Waals surface area (Å²) in [6.45, 7) is 2.25. The van der Waals surface area contributed by atoms with Gasteiger partial charge in [0.2, 0.25) is 0 Å². The number of aliphatic hydroxyl groups is 1. The van der Waals surface area contributed by atoms with Crippen LogP contribution in [0.2, 0.25) is 0 Å². The smallest absolute Gasteiger partial charge is 0.0574 e. The van der Waals surface area contributed by atoms with Crippen LogP contribution >= 0.6 is 0 Å². The van der Waals surface area contributed by atoms with Gasteiger partial charge in [-0.3, -0.25) is 0 Å². The van der Waals surface area contributed by atoms with E-state index in [-0.39, 0.29) is 6.10 Å². The third kappa shape index (κ3) is 8.92. The van der Waals surface area contributed by atoms with Gasteiger partial charge in [-0.05, 0) is 18.4 Å². The lowest BCUT2D eigenvalue weighted by atomic mass is 10.0. The summed E-state index contributed by atoms with van der Waals surface area (Å²) >= 11 is 0. The summed E-state index contributed by atoms with van der Waals surface area (Å²) in [4.78, 5) is 0. The highest BCUT2D eigenvalue weighted by molar-refractivity contribution is 5.48. The molecule has 1 aromatic carbocycles. The van der Waals surface area contributed by atoms with E-state index in [4.69, 9.17) is 0 Å². The summed E-state index contributed by atoms with van der Waals surface area (Å²) in [6.07, 6.45) is 14.9. The molecule has 0 heterocycles. The lowest BCUT2D eigenvalue weighted by molar-refractivity contribution is 0.164. The Balaban J connectivity index is 2.00. The zero-order valence-corrected chi connectivity index (χ0v) is 12.9. The Labute approximate surface area is 124 Å². The van der Waals surface area contributed by atoms with E-state index in [1.54, 1.807) is 0 Å². The molecule has 1 nitrogen and oxygen atoms in total. The van der Waals surface area contributed by atoms with Gasteiger partial charge in [0.15, 0.2) is 0 Å². The molecule has 0 spiro atoms. The Morgan fingerprint density at radius 1 is 0.950 bits per heavy atom. The van der Waals surface area contributed by atoms with Gasteiger partial charge in [0.25, 0.3) is 0 Å². The monoisotopic (exact) mass is 274 g/mol. The lowest BCUT2D eigenvalue weighted by Gasteiger charge is -2.07. The fourth-order valence-corrected chi connectivity index (χ4v) is 2.38. The first kappa shape index (κ1) is 17.0. The highest BCUT2D eigenvalue weighted by atomic mass is 16.3. The Bertz CT molecular complexity index is 342. The molecule has 0 saturated heterocycles. The van der Waals surface area contributed by atoms with E-state index in [1.807, 2.05) is 18.2 Å². The van der Waals surface area contributed by atoms with Gasteiger partial charge in [-0.25, -0.2) is 0 Å². The second kappa shape index (κ2) is 11.7. The minimum atomic E-state index is -0.175. The molecule has 20 heavy (non-hydrogen) atoms. The van der Waals surface area contributed by atoms with Crippen LogP contribution in [0.5, 0.6) is 0 Å². The largest absolute Gasteiger partial charge is 0.393 e. The zero-order valence-electron chi connectivity index (χ0n) is 12.9. The molecule has 1 N–H and O–H groups in total. The third-order valence-electron chi connectivity index (χ3n) is 3.66. The van der Waals surface area contributed by atoms with Gasteiger partial charge in [-0.1, -0.05) is 94.4 Å². The van der Waals surface area contributed by atoms with E-state index >= 15 is 0 Å². The van der Waals surface area contributed by atoms with Crippen LogP contribution in [0.25, 0.3) is 6.08 Å². The quantitative estimate of drug-likeness (QED) is 0.521. The van der Waals surface area contributed by atoms with Crippen molar-refractivity contribution < 1.29 is 5.11 Å². The van der Waals surface area contributed by atoms with Crippen molar-refractivity contribution in [3.63, 3.8) is 0 Å². The molecule has 0 saturated carbocycles.